The highest BCUT2D eigenvalue weighted by molar-refractivity contribution is 6.36. The van der Waals surface area contributed by atoms with E-state index < -0.39 is 12.1 Å². The predicted molar refractivity (Wildman–Crippen MR) is 47.8 cm³/mol. The molecule has 2 rings (SSSR count). The minimum atomic E-state index is -4.75. The van der Waals surface area contributed by atoms with Crippen molar-refractivity contribution in [3.63, 3.8) is 0 Å². The Hall–Kier alpha value is -1.43. The van der Waals surface area contributed by atoms with Crippen molar-refractivity contribution in [3.05, 3.63) is 23.4 Å². The lowest BCUT2D eigenvalue weighted by Crippen LogP contribution is -2.17. The number of aromatic amines is 1. The molecule has 15 heavy (non-hydrogen) atoms. The summed E-state index contributed by atoms with van der Waals surface area (Å²) in [6.07, 6.45) is -3.41. The number of aromatic nitrogens is 2. The van der Waals surface area contributed by atoms with Gasteiger partial charge in [-0.3, -0.25) is 5.10 Å². The van der Waals surface area contributed by atoms with Crippen molar-refractivity contribution < 1.29 is 17.9 Å². The van der Waals surface area contributed by atoms with E-state index in [2.05, 4.69) is 14.9 Å². The normalized spacial score (nSPS) is 12.0. The Labute approximate surface area is 86.8 Å². The molecule has 1 aromatic carbocycles. The Morgan fingerprint density at radius 2 is 2.07 bits per heavy atom. The smallest absolute Gasteiger partial charge is 0.404 e. The van der Waals surface area contributed by atoms with Gasteiger partial charge in [0, 0.05) is 5.39 Å². The van der Waals surface area contributed by atoms with Crippen LogP contribution in [0.5, 0.6) is 5.75 Å². The number of benzene rings is 1. The van der Waals surface area contributed by atoms with Crippen molar-refractivity contribution >= 4 is 22.5 Å². The monoisotopic (exact) mass is 236 g/mol. The van der Waals surface area contributed by atoms with Crippen LogP contribution in [0, 0.1) is 0 Å². The van der Waals surface area contributed by atoms with Gasteiger partial charge >= 0.3 is 6.36 Å². The third kappa shape index (κ3) is 1.99. The van der Waals surface area contributed by atoms with E-state index in [0.29, 0.717) is 10.9 Å². The van der Waals surface area contributed by atoms with Crippen LogP contribution in [0.15, 0.2) is 18.3 Å². The van der Waals surface area contributed by atoms with Gasteiger partial charge in [0.2, 0.25) is 0 Å². The maximum atomic E-state index is 11.9. The number of rotatable bonds is 1. The molecule has 1 heterocycles. The topological polar surface area (TPSA) is 37.9 Å². The van der Waals surface area contributed by atoms with E-state index in [1.54, 1.807) is 0 Å². The van der Waals surface area contributed by atoms with Crippen molar-refractivity contribution in [3.8, 4) is 5.75 Å². The highest BCUT2D eigenvalue weighted by atomic mass is 35.5. The highest BCUT2D eigenvalue weighted by Gasteiger charge is 2.32. The molecule has 0 aliphatic heterocycles. The lowest BCUT2D eigenvalue weighted by molar-refractivity contribution is -0.274. The van der Waals surface area contributed by atoms with Gasteiger partial charge in [0.1, 0.15) is 5.75 Å². The second-order valence-corrected chi connectivity index (χ2v) is 3.13. The van der Waals surface area contributed by atoms with Gasteiger partial charge in [-0.25, -0.2) is 0 Å². The molecule has 0 spiro atoms. The molecule has 0 aliphatic rings. The summed E-state index contributed by atoms with van der Waals surface area (Å²) in [5.74, 6) is -0.432. The van der Waals surface area contributed by atoms with Gasteiger partial charge in [-0.1, -0.05) is 11.6 Å². The maximum absolute atomic E-state index is 11.9. The molecule has 7 heteroatoms. The van der Waals surface area contributed by atoms with Crippen LogP contribution >= 0.6 is 11.6 Å². The molecule has 0 aliphatic carbocycles. The first-order chi connectivity index (χ1) is 6.97. The van der Waals surface area contributed by atoms with E-state index in [0.717, 1.165) is 6.07 Å². The second-order valence-electron chi connectivity index (χ2n) is 2.76. The van der Waals surface area contributed by atoms with Crippen molar-refractivity contribution in [1.82, 2.24) is 10.2 Å². The van der Waals surface area contributed by atoms with Crippen LogP contribution in [0.2, 0.25) is 5.02 Å². The van der Waals surface area contributed by atoms with Crippen molar-refractivity contribution in [2.45, 2.75) is 6.36 Å². The summed E-state index contributed by atoms with van der Waals surface area (Å²) in [4.78, 5) is 0. The zero-order chi connectivity index (χ0) is 11.1. The second kappa shape index (κ2) is 3.30. The number of H-pyrrole nitrogens is 1. The lowest BCUT2D eigenvalue weighted by Gasteiger charge is -2.10. The van der Waals surface area contributed by atoms with Crippen molar-refractivity contribution in [2.75, 3.05) is 0 Å². The number of alkyl halides is 3. The van der Waals surface area contributed by atoms with Crippen LogP contribution < -0.4 is 4.74 Å². The fourth-order valence-corrected chi connectivity index (χ4v) is 1.42. The van der Waals surface area contributed by atoms with Crippen molar-refractivity contribution in [2.24, 2.45) is 0 Å². The first-order valence-electron chi connectivity index (χ1n) is 3.85. The molecule has 0 amide bonds. The zero-order valence-corrected chi connectivity index (χ0v) is 7.86. The summed E-state index contributed by atoms with van der Waals surface area (Å²) >= 11 is 5.70. The number of halogens is 4. The van der Waals surface area contributed by atoms with Crippen LogP contribution in [-0.4, -0.2) is 16.6 Å². The molecule has 0 saturated carbocycles. The van der Waals surface area contributed by atoms with E-state index in [9.17, 15) is 13.2 Å². The van der Waals surface area contributed by atoms with E-state index >= 15 is 0 Å². The largest absolute Gasteiger partial charge is 0.573 e. The Balaban J connectivity index is 2.48. The summed E-state index contributed by atoms with van der Waals surface area (Å²) < 4.78 is 39.6. The third-order valence-corrected chi connectivity index (χ3v) is 2.14. The highest BCUT2D eigenvalue weighted by Crippen LogP contribution is 2.34. The van der Waals surface area contributed by atoms with Gasteiger partial charge in [-0.05, 0) is 12.1 Å². The number of fused-ring (bicyclic) bond motifs is 1. The molecule has 0 unspecified atom stereocenters. The summed E-state index contributed by atoms with van der Waals surface area (Å²) in [5.41, 5.74) is 0.550. The number of hydrogen-bond acceptors (Lipinski definition) is 2. The number of hydrogen-bond donors (Lipinski definition) is 1. The third-order valence-electron chi connectivity index (χ3n) is 1.75. The van der Waals surface area contributed by atoms with E-state index in [4.69, 9.17) is 11.6 Å². The first kappa shape index (κ1) is 10.1. The standard InChI is InChI=1S/C8H4ClF3N2O/c9-7-4-3-13-14-5(4)1-2-6(7)15-8(10,11)12/h1-3H,(H,13,14). The Morgan fingerprint density at radius 1 is 1.33 bits per heavy atom. The summed E-state index contributed by atoms with van der Waals surface area (Å²) in [5, 5.41) is 6.51. The minimum absolute atomic E-state index is 0.112. The minimum Gasteiger partial charge on any atom is -0.404 e. The SMILES string of the molecule is FC(F)(F)Oc1ccc2[nH]ncc2c1Cl. The van der Waals surface area contributed by atoms with Crippen LogP contribution in [-0.2, 0) is 0 Å². The Bertz CT molecular complexity index is 494. The van der Waals surface area contributed by atoms with E-state index in [-0.39, 0.29) is 5.02 Å². The maximum Gasteiger partial charge on any atom is 0.573 e. The predicted octanol–water partition coefficient (Wildman–Crippen LogP) is 3.11. The molecule has 1 N–H and O–H groups in total. The summed E-state index contributed by atoms with van der Waals surface area (Å²) in [6, 6.07) is 2.55. The number of nitrogens with zero attached hydrogens (tertiary/aromatic N) is 1. The molecule has 0 radical (unpaired) electrons. The molecular weight excluding hydrogens is 233 g/mol. The Kier molecular flexibility index (Phi) is 2.22. The molecule has 80 valence electrons. The molecule has 1 aromatic heterocycles. The van der Waals surface area contributed by atoms with Gasteiger partial charge < -0.3 is 4.74 Å². The van der Waals surface area contributed by atoms with Crippen LogP contribution in [0.3, 0.4) is 0 Å². The summed E-state index contributed by atoms with van der Waals surface area (Å²) in [7, 11) is 0. The molecule has 2 aromatic rings. The molecule has 0 fully saturated rings. The van der Waals surface area contributed by atoms with Gasteiger partial charge in [-0.2, -0.15) is 5.10 Å². The van der Waals surface area contributed by atoms with Crippen LogP contribution in [0.1, 0.15) is 0 Å². The average molecular weight is 237 g/mol. The van der Waals surface area contributed by atoms with Gasteiger partial charge in [0.25, 0.3) is 0 Å². The van der Waals surface area contributed by atoms with Gasteiger partial charge in [0.05, 0.1) is 16.7 Å². The number of nitrogens with one attached hydrogen (secondary N) is 1. The summed E-state index contributed by atoms with van der Waals surface area (Å²) in [6.45, 7) is 0. The first-order valence-corrected chi connectivity index (χ1v) is 4.22. The molecular formula is C8H4ClF3N2O. The van der Waals surface area contributed by atoms with Crippen molar-refractivity contribution in [1.29, 1.82) is 0 Å². The fraction of sp³-hybridized carbons (Fsp3) is 0.125. The van der Waals surface area contributed by atoms with Gasteiger partial charge in [-0.15, -0.1) is 13.2 Å². The fourth-order valence-electron chi connectivity index (χ4n) is 1.17. The Morgan fingerprint density at radius 3 is 2.73 bits per heavy atom. The average Bonchev–Trinajstić information content (AvgIpc) is 2.56. The number of ether oxygens (including phenoxy) is 1. The molecule has 0 bridgehead atoms. The van der Waals surface area contributed by atoms with Gasteiger partial charge in [0.15, 0.2) is 0 Å². The molecule has 0 atom stereocenters. The molecule has 3 nitrogen and oxygen atoms in total. The van der Waals surface area contributed by atoms with E-state index in [1.807, 2.05) is 0 Å². The molecule has 0 saturated heterocycles. The zero-order valence-electron chi connectivity index (χ0n) is 7.10. The quantitative estimate of drug-likeness (QED) is 0.826. The van der Waals surface area contributed by atoms with Crippen LogP contribution in [0.4, 0.5) is 13.2 Å². The lowest BCUT2D eigenvalue weighted by atomic mass is 10.2. The van der Waals surface area contributed by atoms with Crippen LogP contribution in [0.25, 0.3) is 10.9 Å². The van der Waals surface area contributed by atoms with E-state index in [1.165, 1.54) is 12.3 Å².